The van der Waals surface area contributed by atoms with Crippen LogP contribution >= 0.6 is 11.3 Å². The van der Waals surface area contributed by atoms with Crippen LogP contribution in [0.2, 0.25) is 0 Å². The Morgan fingerprint density at radius 1 is 1.29 bits per heavy atom. The number of carbonyl (C=O) groups is 1. The lowest BCUT2D eigenvalue weighted by molar-refractivity contribution is -0.117. The zero-order chi connectivity index (χ0) is 12.3. The molecule has 1 heterocycles. The smallest absolute Gasteiger partial charge is 0.162 e. The second-order valence-electron chi connectivity index (χ2n) is 3.53. The van der Waals surface area contributed by atoms with Crippen molar-refractivity contribution in [1.29, 1.82) is 0 Å². The summed E-state index contributed by atoms with van der Waals surface area (Å²) in [6.07, 6.45) is 1.66. The lowest BCUT2D eigenvalue weighted by atomic mass is 10.1. The highest BCUT2D eigenvalue weighted by atomic mass is 32.1. The standard InChI is InChI=1S/C12H9F2NOS/c13-10-3-1-2-8(12(10)14)6-9(16)7-11-15-4-5-17-11/h1-5H,6-7H2. The van der Waals surface area contributed by atoms with Crippen molar-refractivity contribution in [3.05, 3.63) is 52.0 Å². The van der Waals surface area contributed by atoms with E-state index in [0.29, 0.717) is 5.01 Å². The number of Topliss-reactive ketones (excluding diaryl/α,β-unsaturated/α-hetero) is 1. The third-order valence-electron chi connectivity index (χ3n) is 2.25. The molecule has 0 aliphatic carbocycles. The Hall–Kier alpha value is -1.62. The van der Waals surface area contributed by atoms with E-state index in [1.165, 1.54) is 23.5 Å². The molecule has 0 N–H and O–H groups in total. The minimum absolute atomic E-state index is 0.0894. The zero-order valence-corrected chi connectivity index (χ0v) is 9.64. The normalized spacial score (nSPS) is 10.5. The highest BCUT2D eigenvalue weighted by Crippen LogP contribution is 2.13. The van der Waals surface area contributed by atoms with Crippen LogP contribution < -0.4 is 0 Å². The van der Waals surface area contributed by atoms with Crippen molar-refractivity contribution in [1.82, 2.24) is 4.98 Å². The van der Waals surface area contributed by atoms with E-state index in [1.54, 1.807) is 11.6 Å². The predicted molar refractivity (Wildman–Crippen MR) is 60.9 cm³/mol. The van der Waals surface area contributed by atoms with Crippen LogP contribution in [0.5, 0.6) is 0 Å². The van der Waals surface area contributed by atoms with Crippen molar-refractivity contribution in [2.45, 2.75) is 12.8 Å². The number of aromatic nitrogens is 1. The molecule has 0 aliphatic rings. The van der Waals surface area contributed by atoms with Crippen molar-refractivity contribution in [3.8, 4) is 0 Å². The molecule has 0 spiro atoms. The van der Waals surface area contributed by atoms with Crippen LogP contribution in [0.1, 0.15) is 10.6 Å². The Bertz CT molecular complexity index is 525. The first-order chi connectivity index (χ1) is 8.16. The van der Waals surface area contributed by atoms with Crippen molar-refractivity contribution >= 4 is 17.1 Å². The van der Waals surface area contributed by atoms with Crippen LogP contribution in [-0.2, 0) is 17.6 Å². The average molecular weight is 253 g/mol. The second-order valence-corrected chi connectivity index (χ2v) is 4.51. The van der Waals surface area contributed by atoms with Crippen molar-refractivity contribution in [2.75, 3.05) is 0 Å². The molecule has 1 aromatic heterocycles. The summed E-state index contributed by atoms with van der Waals surface area (Å²) in [5.74, 6) is -2.05. The van der Waals surface area contributed by atoms with E-state index in [-0.39, 0.29) is 24.2 Å². The van der Waals surface area contributed by atoms with Gasteiger partial charge in [0.05, 0.1) is 11.4 Å². The maximum Gasteiger partial charge on any atom is 0.162 e. The van der Waals surface area contributed by atoms with Gasteiger partial charge in [0, 0.05) is 18.0 Å². The van der Waals surface area contributed by atoms with Crippen LogP contribution in [-0.4, -0.2) is 10.8 Å². The van der Waals surface area contributed by atoms with E-state index in [4.69, 9.17) is 0 Å². The van der Waals surface area contributed by atoms with Gasteiger partial charge in [-0.1, -0.05) is 12.1 Å². The molecule has 2 nitrogen and oxygen atoms in total. The quantitative estimate of drug-likeness (QED) is 0.838. The lowest BCUT2D eigenvalue weighted by Crippen LogP contribution is -2.08. The fourth-order valence-electron chi connectivity index (χ4n) is 1.47. The number of ketones is 1. The SMILES string of the molecule is O=C(Cc1nccs1)Cc1cccc(F)c1F. The van der Waals surface area contributed by atoms with Crippen molar-refractivity contribution in [2.24, 2.45) is 0 Å². The first-order valence-corrected chi connectivity index (χ1v) is 5.87. The van der Waals surface area contributed by atoms with E-state index in [0.717, 1.165) is 6.07 Å². The molecule has 0 amide bonds. The van der Waals surface area contributed by atoms with Gasteiger partial charge >= 0.3 is 0 Å². The fraction of sp³-hybridized carbons (Fsp3) is 0.167. The Kier molecular flexibility index (Phi) is 3.58. The molecule has 0 saturated carbocycles. The minimum atomic E-state index is -0.944. The molecule has 2 rings (SSSR count). The minimum Gasteiger partial charge on any atom is -0.299 e. The molecule has 0 unspecified atom stereocenters. The van der Waals surface area contributed by atoms with Gasteiger partial charge in [-0.25, -0.2) is 13.8 Å². The molecule has 1 aromatic carbocycles. The largest absolute Gasteiger partial charge is 0.299 e. The molecule has 17 heavy (non-hydrogen) atoms. The molecule has 0 fully saturated rings. The summed E-state index contributed by atoms with van der Waals surface area (Å²) < 4.78 is 26.2. The maximum absolute atomic E-state index is 13.3. The second kappa shape index (κ2) is 5.14. The number of nitrogens with zero attached hydrogens (tertiary/aromatic N) is 1. The molecule has 2 aromatic rings. The Morgan fingerprint density at radius 3 is 2.82 bits per heavy atom. The van der Waals surface area contributed by atoms with Gasteiger partial charge in [0.1, 0.15) is 5.78 Å². The number of hydrogen-bond acceptors (Lipinski definition) is 3. The number of thiazole rings is 1. The first-order valence-electron chi connectivity index (χ1n) is 5.00. The summed E-state index contributed by atoms with van der Waals surface area (Å²) in [6, 6.07) is 3.84. The zero-order valence-electron chi connectivity index (χ0n) is 8.82. The molecule has 0 saturated heterocycles. The molecule has 0 radical (unpaired) electrons. The Labute approximate surface area is 101 Å². The molecular formula is C12H9F2NOS. The number of halogens is 2. The number of carbonyl (C=O) groups excluding carboxylic acids is 1. The van der Waals surface area contributed by atoms with E-state index in [1.807, 2.05) is 0 Å². The number of rotatable bonds is 4. The average Bonchev–Trinajstić information content (AvgIpc) is 2.77. The summed E-state index contributed by atoms with van der Waals surface area (Å²) in [5.41, 5.74) is 0.0894. The highest BCUT2D eigenvalue weighted by Gasteiger charge is 2.12. The van der Waals surface area contributed by atoms with E-state index in [9.17, 15) is 13.6 Å². The molecule has 0 aliphatic heterocycles. The van der Waals surface area contributed by atoms with E-state index < -0.39 is 11.6 Å². The van der Waals surface area contributed by atoms with Gasteiger partial charge in [-0.15, -0.1) is 11.3 Å². The first kappa shape index (κ1) is 11.9. The van der Waals surface area contributed by atoms with Gasteiger partial charge in [-0.2, -0.15) is 0 Å². The third-order valence-corrected chi connectivity index (χ3v) is 3.03. The van der Waals surface area contributed by atoms with Crippen LogP contribution in [0.3, 0.4) is 0 Å². The third kappa shape index (κ3) is 2.94. The summed E-state index contributed by atoms with van der Waals surface area (Å²) >= 11 is 1.37. The monoisotopic (exact) mass is 253 g/mol. The van der Waals surface area contributed by atoms with Gasteiger partial charge in [0.25, 0.3) is 0 Å². The lowest BCUT2D eigenvalue weighted by Gasteiger charge is -2.02. The van der Waals surface area contributed by atoms with Crippen LogP contribution in [0.4, 0.5) is 8.78 Å². The predicted octanol–water partition coefficient (Wildman–Crippen LogP) is 2.78. The number of benzene rings is 1. The Balaban J connectivity index is 2.06. The van der Waals surface area contributed by atoms with Gasteiger partial charge in [-0.05, 0) is 11.6 Å². The number of hydrogen-bond donors (Lipinski definition) is 0. The van der Waals surface area contributed by atoms with Crippen LogP contribution in [0, 0.1) is 11.6 Å². The molecule has 5 heteroatoms. The van der Waals surface area contributed by atoms with Crippen LogP contribution in [0.15, 0.2) is 29.8 Å². The summed E-state index contributed by atoms with van der Waals surface area (Å²) in [5, 5.41) is 2.46. The van der Waals surface area contributed by atoms with Gasteiger partial charge in [0.2, 0.25) is 0 Å². The topological polar surface area (TPSA) is 30.0 Å². The van der Waals surface area contributed by atoms with Crippen molar-refractivity contribution < 1.29 is 13.6 Å². The van der Waals surface area contributed by atoms with Gasteiger partial charge in [0.15, 0.2) is 11.6 Å². The highest BCUT2D eigenvalue weighted by molar-refractivity contribution is 7.09. The maximum atomic E-state index is 13.3. The molecule has 88 valence electrons. The van der Waals surface area contributed by atoms with E-state index in [2.05, 4.69) is 4.98 Å². The van der Waals surface area contributed by atoms with Gasteiger partial charge < -0.3 is 0 Å². The van der Waals surface area contributed by atoms with Gasteiger partial charge in [-0.3, -0.25) is 4.79 Å². The summed E-state index contributed by atoms with van der Waals surface area (Å²) in [4.78, 5) is 15.6. The summed E-state index contributed by atoms with van der Waals surface area (Å²) in [7, 11) is 0. The molecule has 0 bridgehead atoms. The fourth-order valence-corrected chi connectivity index (χ4v) is 2.11. The van der Waals surface area contributed by atoms with E-state index >= 15 is 0 Å². The molecular weight excluding hydrogens is 244 g/mol. The van der Waals surface area contributed by atoms with Crippen LogP contribution in [0.25, 0.3) is 0 Å². The molecule has 0 atom stereocenters. The Morgan fingerprint density at radius 2 is 2.12 bits per heavy atom. The van der Waals surface area contributed by atoms with Crippen molar-refractivity contribution in [3.63, 3.8) is 0 Å². The summed E-state index contributed by atoms with van der Waals surface area (Å²) in [6.45, 7) is 0.